The van der Waals surface area contributed by atoms with Gasteiger partial charge in [-0.15, -0.1) is 0 Å². The molecular formula is C87H67N3O2. The van der Waals surface area contributed by atoms with E-state index in [1.54, 1.807) is 0 Å². The fourth-order valence-corrected chi connectivity index (χ4v) is 17.8. The highest BCUT2D eigenvalue weighted by Gasteiger charge is 2.58. The largest absolute Gasteiger partial charge is 0.484 e. The van der Waals surface area contributed by atoms with Crippen LogP contribution in [0.1, 0.15) is 98.9 Å². The number of hydrogen-bond donors (Lipinski definition) is 0. The van der Waals surface area contributed by atoms with Crippen molar-refractivity contribution in [1.82, 2.24) is 4.57 Å². The number of rotatable bonds is 8. The molecule has 0 bridgehead atoms. The summed E-state index contributed by atoms with van der Waals surface area (Å²) in [4.78, 5) is 4.86. The van der Waals surface area contributed by atoms with Gasteiger partial charge in [-0.2, -0.15) is 0 Å². The molecule has 442 valence electrons. The second-order valence-corrected chi connectivity index (χ2v) is 27.7. The zero-order chi connectivity index (χ0) is 61.5. The minimum atomic E-state index is -0.416. The van der Waals surface area contributed by atoms with Crippen LogP contribution in [0, 0.1) is 0 Å². The molecule has 3 unspecified atom stereocenters. The Hall–Kier alpha value is -10.6. The van der Waals surface area contributed by atoms with Crippen LogP contribution in [-0.4, -0.2) is 10.7 Å². The third kappa shape index (κ3) is 7.25. The first-order chi connectivity index (χ1) is 44.9. The van der Waals surface area contributed by atoms with Crippen molar-refractivity contribution in [2.75, 3.05) is 9.80 Å². The lowest BCUT2D eigenvalue weighted by Gasteiger charge is -2.38. The molecule has 5 aliphatic carbocycles. The van der Waals surface area contributed by atoms with Crippen molar-refractivity contribution in [2.24, 2.45) is 0 Å². The molecule has 5 nitrogen and oxygen atoms in total. The number of nitrogens with zero attached hydrogens (tertiary/aromatic N) is 3. The van der Waals surface area contributed by atoms with E-state index in [4.69, 9.17) is 9.15 Å². The van der Waals surface area contributed by atoms with Crippen LogP contribution in [0.3, 0.4) is 0 Å². The summed E-state index contributed by atoms with van der Waals surface area (Å²) in [6, 6.07) is 90.4. The Morgan fingerprint density at radius 1 is 0.435 bits per heavy atom. The zero-order valence-corrected chi connectivity index (χ0v) is 52.5. The van der Waals surface area contributed by atoms with Gasteiger partial charge < -0.3 is 23.5 Å². The number of fused-ring (bicyclic) bond motifs is 20. The highest BCUT2D eigenvalue weighted by atomic mass is 16.5. The third-order valence-corrected chi connectivity index (χ3v) is 21.8. The summed E-state index contributed by atoms with van der Waals surface area (Å²) in [5.74, 6) is 1.08. The standard InChI is InChI=1S/C87H67N3O2/c1-85(2)68-49-57(45-47-61(68)76-70(85)51-66(83-78(76)64-33-18-22-39-73(64)91-83)59-35-24-38-72-75(59)63-32-17-21-37-71(63)90(72)54-29-14-9-15-30-54)89(56-43-41-55(42-44-56)88(52-25-10-7-11-26-52)53-27-12-8-13-28-53)58-46-48-62-69(50-58)87(5,6)81-77(62)79-65-34-19-23-40-74(65)92-84(79)80-60-31-16-20-36-67(60)86(3,4)82(80)81/h7-29,31-51,54,80,84H,30H2,1-6H3. The lowest BCUT2D eigenvalue weighted by atomic mass is 9.66. The normalized spacial score (nSPS) is 18.8. The van der Waals surface area contributed by atoms with Crippen LogP contribution < -0.4 is 14.5 Å². The molecule has 92 heavy (non-hydrogen) atoms. The minimum absolute atomic E-state index is 0.102. The summed E-state index contributed by atoms with van der Waals surface area (Å²) < 4.78 is 17.0. The highest BCUT2D eigenvalue weighted by Crippen LogP contribution is 2.68. The molecule has 1 aliphatic heterocycles. The quantitative estimate of drug-likeness (QED) is 0.152. The van der Waals surface area contributed by atoms with E-state index < -0.39 is 5.41 Å². The molecular weight excluding hydrogens is 1120 g/mol. The van der Waals surface area contributed by atoms with Crippen molar-refractivity contribution in [2.45, 2.75) is 82.3 Å². The Kier molecular flexibility index (Phi) is 11.1. The van der Waals surface area contributed by atoms with Gasteiger partial charge in [-0.05, 0) is 176 Å². The Morgan fingerprint density at radius 3 is 1.77 bits per heavy atom. The van der Waals surface area contributed by atoms with Crippen LogP contribution in [-0.2, 0) is 16.2 Å². The molecule has 0 fully saturated rings. The van der Waals surface area contributed by atoms with E-state index in [-0.39, 0.29) is 28.9 Å². The summed E-state index contributed by atoms with van der Waals surface area (Å²) >= 11 is 0. The van der Waals surface area contributed by atoms with E-state index in [1.807, 2.05) is 0 Å². The van der Waals surface area contributed by atoms with Gasteiger partial charge in [0.2, 0.25) is 0 Å². The van der Waals surface area contributed by atoms with Gasteiger partial charge in [-0.3, -0.25) is 0 Å². The maximum Gasteiger partial charge on any atom is 0.143 e. The molecule has 3 atom stereocenters. The summed E-state index contributed by atoms with van der Waals surface area (Å²) in [6.45, 7) is 14.7. The molecule has 6 aliphatic rings. The first kappa shape index (κ1) is 53.2. The van der Waals surface area contributed by atoms with E-state index in [2.05, 4.69) is 323 Å². The van der Waals surface area contributed by atoms with Crippen LogP contribution >= 0.6 is 0 Å². The molecule has 0 radical (unpaired) electrons. The maximum atomic E-state index is 7.22. The van der Waals surface area contributed by atoms with E-state index in [0.717, 1.165) is 68.4 Å². The fourth-order valence-electron chi connectivity index (χ4n) is 17.8. The second kappa shape index (κ2) is 19.2. The van der Waals surface area contributed by atoms with E-state index >= 15 is 0 Å². The van der Waals surface area contributed by atoms with Crippen molar-refractivity contribution in [3.05, 3.63) is 317 Å². The average Bonchev–Trinajstić information content (AvgIpc) is 1.51. The van der Waals surface area contributed by atoms with Gasteiger partial charge >= 0.3 is 0 Å². The topological polar surface area (TPSA) is 33.8 Å². The molecule has 2 aromatic heterocycles. The first-order valence-electron chi connectivity index (χ1n) is 32.7. The van der Waals surface area contributed by atoms with Crippen LogP contribution in [0.15, 0.2) is 283 Å². The molecule has 0 amide bonds. The summed E-state index contributed by atoms with van der Waals surface area (Å²) in [5.41, 5.74) is 29.5. The number of anilines is 6. The summed E-state index contributed by atoms with van der Waals surface area (Å²) in [7, 11) is 0. The molecule has 5 heteroatoms. The number of hydrogen-bond acceptors (Lipinski definition) is 4. The Bertz CT molecular complexity index is 5410. The summed E-state index contributed by atoms with van der Waals surface area (Å²) in [5, 5.41) is 4.81. The molecule has 13 aromatic rings. The maximum absolute atomic E-state index is 7.22. The highest BCUT2D eigenvalue weighted by molar-refractivity contribution is 6.23. The van der Waals surface area contributed by atoms with Gasteiger partial charge in [0.15, 0.2) is 0 Å². The van der Waals surface area contributed by atoms with Gasteiger partial charge in [0.1, 0.15) is 23.0 Å². The number of furan rings is 1. The van der Waals surface area contributed by atoms with Gasteiger partial charge in [-0.1, -0.05) is 205 Å². The molecule has 0 spiro atoms. The van der Waals surface area contributed by atoms with Gasteiger partial charge in [-0.25, -0.2) is 0 Å². The average molecular weight is 1190 g/mol. The van der Waals surface area contributed by atoms with Crippen molar-refractivity contribution >= 4 is 89.0 Å². The Labute approximate surface area is 536 Å². The summed E-state index contributed by atoms with van der Waals surface area (Å²) in [6.07, 6.45) is 9.82. The SMILES string of the molecule is CC1(C)C2=C3C(c4ccccc4C3(C)C)C3Oc4ccccc4C3=C2c2ccc(N(c3ccc(N(c4ccccc4)c4ccccc4)cc3)c3ccc4c(c3)C(C)(C)c3cc(-c5cccc6c5c5ccccc5n6C5C=CC=CC5)c5oc6ccccc6c5c3-4)cc21. The van der Waals surface area contributed by atoms with Crippen molar-refractivity contribution in [3.63, 3.8) is 0 Å². The molecule has 3 heterocycles. The van der Waals surface area contributed by atoms with Gasteiger partial charge in [0.25, 0.3) is 0 Å². The molecule has 0 N–H and O–H groups in total. The number of ether oxygens (including phenoxy) is 1. The van der Waals surface area contributed by atoms with Crippen molar-refractivity contribution < 1.29 is 9.15 Å². The zero-order valence-electron chi connectivity index (χ0n) is 52.5. The molecule has 0 saturated heterocycles. The predicted octanol–water partition coefficient (Wildman–Crippen LogP) is 23.0. The van der Waals surface area contributed by atoms with Crippen LogP contribution in [0.2, 0.25) is 0 Å². The number of aromatic nitrogens is 1. The molecule has 11 aromatic carbocycles. The monoisotopic (exact) mass is 1190 g/mol. The number of allylic oxidation sites excluding steroid dienone is 6. The van der Waals surface area contributed by atoms with E-state index in [0.29, 0.717) is 0 Å². The molecule has 19 rings (SSSR count). The van der Waals surface area contributed by atoms with Crippen molar-refractivity contribution in [3.8, 4) is 28.0 Å². The Morgan fingerprint density at radius 2 is 1.03 bits per heavy atom. The number of benzene rings is 11. The second-order valence-electron chi connectivity index (χ2n) is 27.7. The van der Waals surface area contributed by atoms with Crippen LogP contribution in [0.25, 0.3) is 77.1 Å². The van der Waals surface area contributed by atoms with Gasteiger partial charge in [0, 0.05) is 100 Å². The third-order valence-electron chi connectivity index (χ3n) is 21.8. The first-order valence-corrected chi connectivity index (χ1v) is 32.7. The lowest BCUT2D eigenvalue weighted by molar-refractivity contribution is 0.251. The van der Waals surface area contributed by atoms with E-state index in [1.165, 1.54) is 105 Å². The predicted molar refractivity (Wildman–Crippen MR) is 381 cm³/mol. The smallest absolute Gasteiger partial charge is 0.143 e. The van der Waals surface area contributed by atoms with Gasteiger partial charge in [0.05, 0.1) is 11.6 Å². The lowest BCUT2D eigenvalue weighted by Crippen LogP contribution is -2.33. The van der Waals surface area contributed by atoms with E-state index in [9.17, 15) is 0 Å². The minimum Gasteiger partial charge on any atom is -0.484 e. The fraction of sp³-hybridized carbons (Fsp3) is 0.149. The Balaban J connectivity index is 0.815. The number of para-hydroxylation sites is 5. The van der Waals surface area contributed by atoms with Crippen LogP contribution in [0.5, 0.6) is 5.75 Å². The molecule has 0 saturated carbocycles. The van der Waals surface area contributed by atoms with Crippen LogP contribution in [0.4, 0.5) is 34.1 Å². The van der Waals surface area contributed by atoms with Crippen molar-refractivity contribution in [1.29, 1.82) is 0 Å².